The number of hydrogen-bond donors (Lipinski definition) is 1. The number of carboxylic acid groups (broad SMARTS) is 1. The van der Waals surface area contributed by atoms with Crippen molar-refractivity contribution in [2.75, 3.05) is 6.54 Å². The van der Waals surface area contributed by atoms with Gasteiger partial charge in [-0.2, -0.15) is 5.10 Å². The number of halogens is 1. The Morgan fingerprint density at radius 1 is 1.17 bits per heavy atom. The van der Waals surface area contributed by atoms with Crippen LogP contribution in [0.25, 0.3) is 16.9 Å². The predicted molar refractivity (Wildman–Crippen MR) is 134 cm³/mol. The van der Waals surface area contributed by atoms with E-state index >= 15 is 4.39 Å². The largest absolute Gasteiger partial charge is 0.481 e. The molecule has 0 spiro atoms. The number of aryl methyl sites for hydroxylation is 1. The first kappa shape index (κ1) is 24.4. The molecule has 1 amide bonds. The molecule has 2 aromatic heterocycles. The van der Waals surface area contributed by atoms with Crippen LogP contribution in [0.5, 0.6) is 0 Å². The van der Waals surface area contributed by atoms with Gasteiger partial charge in [-0.3, -0.25) is 9.59 Å². The second-order valence-electron chi connectivity index (χ2n) is 10.8. The zero-order chi connectivity index (χ0) is 25.8. The van der Waals surface area contributed by atoms with Crippen molar-refractivity contribution in [1.29, 1.82) is 0 Å². The molecular weight excluding hydrogens is 459 g/mol. The third-order valence-corrected chi connectivity index (χ3v) is 8.12. The zero-order valence-electron chi connectivity index (χ0n) is 21.3. The molecule has 190 valence electrons. The van der Waals surface area contributed by atoms with Crippen LogP contribution < -0.4 is 0 Å². The molecule has 0 radical (unpaired) electrons. The lowest BCUT2D eigenvalue weighted by Crippen LogP contribution is -2.38. The number of carbonyl (C=O) groups is 2. The summed E-state index contributed by atoms with van der Waals surface area (Å²) in [7, 11) is 0. The molecule has 1 aromatic carbocycles. The molecule has 1 saturated heterocycles. The van der Waals surface area contributed by atoms with Crippen LogP contribution in [0.4, 0.5) is 4.39 Å². The first-order valence-corrected chi connectivity index (χ1v) is 12.9. The van der Waals surface area contributed by atoms with Gasteiger partial charge in [-0.15, -0.1) is 0 Å². The van der Waals surface area contributed by atoms with E-state index in [9.17, 15) is 14.7 Å². The molecule has 2 fully saturated rings. The molecule has 0 unspecified atom stereocenters. The fourth-order valence-corrected chi connectivity index (χ4v) is 5.91. The minimum Gasteiger partial charge on any atom is -0.481 e. The molecule has 5 rings (SSSR count). The van der Waals surface area contributed by atoms with Crippen molar-refractivity contribution in [2.45, 2.75) is 71.8 Å². The maximum Gasteiger partial charge on any atom is 0.307 e. The normalized spacial score (nSPS) is 23.5. The Morgan fingerprint density at radius 3 is 2.61 bits per heavy atom. The Hall–Kier alpha value is -3.29. The zero-order valence-corrected chi connectivity index (χ0v) is 21.3. The highest BCUT2D eigenvalue weighted by molar-refractivity contribution is 5.93. The van der Waals surface area contributed by atoms with Gasteiger partial charge in [-0.05, 0) is 55.4 Å². The van der Waals surface area contributed by atoms with Crippen LogP contribution in [-0.2, 0) is 11.2 Å². The van der Waals surface area contributed by atoms with E-state index in [1.807, 2.05) is 25.7 Å². The fourth-order valence-electron chi connectivity index (χ4n) is 5.91. The topological polar surface area (TPSA) is 87.8 Å². The number of rotatable bonds is 5. The SMILES string of the molecule is CCc1cc(C(=O)N2CCCCC[C@H]2C)nc2cc(-c3ccc([C@@H]4[C@@H](C(=O)O)C4(C)C)cc3F)nn12. The molecule has 8 heteroatoms. The highest BCUT2D eigenvalue weighted by atomic mass is 19.1. The quantitative estimate of drug-likeness (QED) is 0.520. The third kappa shape index (κ3) is 4.06. The average Bonchev–Trinajstić information content (AvgIpc) is 3.28. The summed E-state index contributed by atoms with van der Waals surface area (Å²) >= 11 is 0. The second kappa shape index (κ2) is 8.98. The van der Waals surface area contributed by atoms with E-state index in [0.29, 0.717) is 34.6 Å². The molecule has 3 heterocycles. The van der Waals surface area contributed by atoms with Crippen molar-refractivity contribution in [3.63, 3.8) is 0 Å². The number of amides is 1. The molecule has 1 N–H and O–H groups in total. The first-order valence-electron chi connectivity index (χ1n) is 12.9. The van der Waals surface area contributed by atoms with Crippen LogP contribution in [0.3, 0.4) is 0 Å². The van der Waals surface area contributed by atoms with Gasteiger partial charge in [-0.25, -0.2) is 13.9 Å². The van der Waals surface area contributed by atoms with Gasteiger partial charge >= 0.3 is 5.97 Å². The number of carbonyl (C=O) groups excluding carboxylic acids is 1. The Balaban J connectivity index is 1.48. The van der Waals surface area contributed by atoms with Gasteiger partial charge in [-0.1, -0.05) is 39.7 Å². The van der Waals surface area contributed by atoms with Crippen LogP contribution in [-0.4, -0.2) is 49.1 Å². The van der Waals surface area contributed by atoms with Crippen molar-refractivity contribution in [2.24, 2.45) is 11.3 Å². The van der Waals surface area contributed by atoms with E-state index in [2.05, 4.69) is 17.0 Å². The molecule has 36 heavy (non-hydrogen) atoms. The number of likely N-dealkylation sites (tertiary alicyclic amines) is 1. The van der Waals surface area contributed by atoms with Gasteiger partial charge in [0, 0.05) is 35.8 Å². The van der Waals surface area contributed by atoms with Crippen LogP contribution in [0.15, 0.2) is 30.3 Å². The summed E-state index contributed by atoms with van der Waals surface area (Å²) in [5.41, 5.74) is 2.77. The monoisotopic (exact) mass is 492 g/mol. The highest BCUT2D eigenvalue weighted by Crippen LogP contribution is 2.64. The van der Waals surface area contributed by atoms with E-state index in [1.54, 1.807) is 28.8 Å². The lowest BCUT2D eigenvalue weighted by molar-refractivity contribution is -0.139. The summed E-state index contributed by atoms with van der Waals surface area (Å²) < 4.78 is 16.9. The van der Waals surface area contributed by atoms with E-state index in [4.69, 9.17) is 0 Å². The number of aromatic nitrogens is 3. The maximum atomic E-state index is 15.3. The number of fused-ring (bicyclic) bond motifs is 1. The van der Waals surface area contributed by atoms with Gasteiger partial charge in [0.05, 0.1) is 11.6 Å². The number of nitrogens with zero attached hydrogens (tertiary/aromatic N) is 4. The van der Waals surface area contributed by atoms with Crippen LogP contribution >= 0.6 is 0 Å². The van der Waals surface area contributed by atoms with Crippen LogP contribution in [0.2, 0.25) is 0 Å². The maximum absolute atomic E-state index is 15.3. The molecule has 3 aromatic rings. The molecule has 1 aliphatic heterocycles. The molecule has 1 saturated carbocycles. The summed E-state index contributed by atoms with van der Waals surface area (Å²) in [6.07, 6.45) is 4.89. The van der Waals surface area contributed by atoms with Crippen molar-refractivity contribution in [3.8, 4) is 11.3 Å². The Morgan fingerprint density at radius 2 is 1.94 bits per heavy atom. The number of carboxylic acids is 1. The predicted octanol–water partition coefficient (Wildman–Crippen LogP) is 5.33. The second-order valence-corrected chi connectivity index (χ2v) is 10.8. The average molecular weight is 493 g/mol. The molecule has 0 bridgehead atoms. The summed E-state index contributed by atoms with van der Waals surface area (Å²) in [6.45, 7) is 8.61. The lowest BCUT2D eigenvalue weighted by Gasteiger charge is -2.27. The highest BCUT2D eigenvalue weighted by Gasteiger charge is 2.62. The molecule has 7 nitrogen and oxygen atoms in total. The number of hydrogen-bond acceptors (Lipinski definition) is 4. The van der Waals surface area contributed by atoms with Crippen molar-refractivity contribution in [1.82, 2.24) is 19.5 Å². The fraction of sp³-hybridized carbons (Fsp3) is 0.500. The smallest absolute Gasteiger partial charge is 0.307 e. The minimum atomic E-state index is -0.854. The van der Waals surface area contributed by atoms with Crippen molar-refractivity contribution < 1.29 is 19.1 Å². The van der Waals surface area contributed by atoms with Crippen LogP contribution in [0, 0.1) is 17.2 Å². The van der Waals surface area contributed by atoms with E-state index in [-0.39, 0.29) is 17.9 Å². The van der Waals surface area contributed by atoms with E-state index < -0.39 is 23.1 Å². The van der Waals surface area contributed by atoms with Crippen molar-refractivity contribution >= 4 is 17.5 Å². The van der Waals surface area contributed by atoms with Crippen LogP contribution in [0.1, 0.15) is 81.0 Å². The third-order valence-electron chi connectivity index (χ3n) is 8.12. The van der Waals surface area contributed by atoms with E-state index in [0.717, 1.165) is 37.9 Å². The summed E-state index contributed by atoms with van der Waals surface area (Å²) in [5.74, 6) is -2.11. The Kier molecular flexibility index (Phi) is 6.09. The molecule has 1 aliphatic carbocycles. The molecular formula is C28H33FN4O3. The van der Waals surface area contributed by atoms with Gasteiger partial charge in [0.2, 0.25) is 0 Å². The molecule has 3 atom stereocenters. The summed E-state index contributed by atoms with van der Waals surface area (Å²) in [6, 6.07) is 8.57. The number of aliphatic carboxylic acids is 1. The van der Waals surface area contributed by atoms with E-state index in [1.165, 1.54) is 6.07 Å². The number of benzene rings is 1. The van der Waals surface area contributed by atoms with Gasteiger partial charge in [0.15, 0.2) is 5.65 Å². The van der Waals surface area contributed by atoms with Crippen molar-refractivity contribution in [3.05, 3.63) is 53.1 Å². The van der Waals surface area contributed by atoms with Gasteiger partial charge in [0.25, 0.3) is 5.91 Å². The summed E-state index contributed by atoms with van der Waals surface area (Å²) in [5, 5.41) is 14.1. The lowest BCUT2D eigenvalue weighted by atomic mass is 10.0. The minimum absolute atomic E-state index is 0.0695. The van der Waals surface area contributed by atoms with Gasteiger partial charge in [0.1, 0.15) is 11.5 Å². The standard InChI is InChI=1S/C28H33FN4O3/c1-5-18-14-22(26(34)32-12-8-6-7-9-16(32)2)30-23-15-21(31-33(18)23)19-11-10-17(13-20(19)29)24-25(27(35)36)28(24,3)4/h10-11,13-16,24-25H,5-9,12H2,1-4H3,(H,35,36)/t16-,24-,25+/m1/s1. The molecule has 2 aliphatic rings. The Labute approximate surface area is 210 Å². The first-order chi connectivity index (χ1) is 17.1. The Bertz CT molecular complexity index is 1350. The summed E-state index contributed by atoms with van der Waals surface area (Å²) in [4.78, 5) is 31.5. The van der Waals surface area contributed by atoms with Gasteiger partial charge < -0.3 is 10.0 Å².